The second kappa shape index (κ2) is 9.49. The van der Waals surface area contributed by atoms with E-state index < -0.39 is 0 Å². The average Bonchev–Trinajstić information content (AvgIpc) is 2.75. The first-order valence-electron chi connectivity index (χ1n) is 10.9. The monoisotopic (exact) mass is 411 g/mol. The van der Waals surface area contributed by atoms with Gasteiger partial charge in [-0.1, -0.05) is 42.0 Å². The van der Waals surface area contributed by atoms with Crippen LogP contribution in [0.2, 0.25) is 0 Å². The Morgan fingerprint density at radius 1 is 1.03 bits per heavy atom. The van der Waals surface area contributed by atoms with E-state index in [4.69, 9.17) is 9.47 Å². The van der Waals surface area contributed by atoms with Crippen LogP contribution in [0.25, 0.3) is 0 Å². The van der Waals surface area contributed by atoms with Crippen LogP contribution in [0.4, 0.5) is 0 Å². The number of quaternary nitrogens is 2. The van der Waals surface area contributed by atoms with E-state index in [0.717, 1.165) is 44.2 Å². The van der Waals surface area contributed by atoms with E-state index in [9.17, 15) is 4.79 Å². The molecule has 1 atom stereocenters. The third-order valence-electron chi connectivity index (χ3n) is 6.07. The standard InChI is InChI=1S/C24H31N3O3/c1-19-6-5-7-20(14-19)15-26-10-12-27(13-11-26)17-24(28)25(2)16-21-18-29-22-8-3-4-9-23(22)30-21/h3-9,14,21H,10-13,15-18H2,1-2H3/p+2/t21-/m0/s1. The van der Waals surface area contributed by atoms with Gasteiger partial charge in [0.1, 0.15) is 39.3 Å². The quantitative estimate of drug-likeness (QED) is 0.679. The lowest BCUT2D eigenvalue weighted by Crippen LogP contribution is -3.28. The largest absolute Gasteiger partial charge is 0.486 e. The molecule has 160 valence electrons. The summed E-state index contributed by atoms with van der Waals surface area (Å²) < 4.78 is 11.8. The topological polar surface area (TPSA) is 47.7 Å². The van der Waals surface area contributed by atoms with Crippen LogP contribution in [-0.2, 0) is 11.3 Å². The summed E-state index contributed by atoms with van der Waals surface area (Å²) in [6.07, 6.45) is -0.125. The summed E-state index contributed by atoms with van der Waals surface area (Å²) in [5, 5.41) is 0. The molecular formula is C24H33N3O3+2. The van der Waals surface area contributed by atoms with E-state index in [-0.39, 0.29) is 12.0 Å². The van der Waals surface area contributed by atoms with Crippen molar-refractivity contribution in [2.75, 3.05) is 52.9 Å². The van der Waals surface area contributed by atoms with Gasteiger partial charge in [0.15, 0.2) is 24.1 Å². The number of carbonyl (C=O) groups is 1. The van der Waals surface area contributed by atoms with Gasteiger partial charge in [-0.15, -0.1) is 0 Å². The zero-order valence-electron chi connectivity index (χ0n) is 18.0. The van der Waals surface area contributed by atoms with Gasteiger partial charge in [-0.2, -0.15) is 0 Å². The van der Waals surface area contributed by atoms with Crippen molar-refractivity contribution in [2.45, 2.75) is 19.6 Å². The molecule has 0 radical (unpaired) electrons. The summed E-state index contributed by atoms with van der Waals surface area (Å²) >= 11 is 0. The second-order valence-electron chi connectivity index (χ2n) is 8.61. The summed E-state index contributed by atoms with van der Waals surface area (Å²) in [5.41, 5.74) is 2.72. The molecule has 0 aromatic heterocycles. The summed E-state index contributed by atoms with van der Waals surface area (Å²) in [7, 11) is 1.87. The normalized spacial score (nSPS) is 23.1. The molecule has 0 unspecified atom stereocenters. The molecule has 2 aliphatic rings. The number of nitrogens with zero attached hydrogens (tertiary/aromatic N) is 1. The lowest BCUT2D eigenvalue weighted by Gasteiger charge is -2.32. The SMILES string of the molecule is Cc1cccc(C[NH+]2CC[NH+](CC(=O)N(C)C[C@H]3COc4ccccc4O3)CC2)c1. The van der Waals surface area contributed by atoms with Crippen LogP contribution >= 0.6 is 0 Å². The number of hydrogen-bond donors (Lipinski definition) is 2. The molecule has 0 bridgehead atoms. The first kappa shape index (κ1) is 20.7. The number of likely N-dealkylation sites (N-methyl/N-ethyl adjacent to an activating group) is 1. The number of ether oxygens (including phenoxy) is 2. The van der Waals surface area contributed by atoms with Gasteiger partial charge in [0, 0.05) is 12.6 Å². The van der Waals surface area contributed by atoms with Gasteiger partial charge in [0.2, 0.25) is 0 Å². The minimum absolute atomic E-state index is 0.125. The van der Waals surface area contributed by atoms with Crippen molar-refractivity contribution in [1.82, 2.24) is 4.90 Å². The second-order valence-corrected chi connectivity index (χ2v) is 8.61. The lowest BCUT2D eigenvalue weighted by molar-refractivity contribution is -1.02. The molecule has 4 rings (SSSR count). The summed E-state index contributed by atoms with van der Waals surface area (Å²) in [6, 6.07) is 16.5. The molecule has 6 heteroatoms. The highest BCUT2D eigenvalue weighted by molar-refractivity contribution is 5.76. The highest BCUT2D eigenvalue weighted by Gasteiger charge is 2.28. The van der Waals surface area contributed by atoms with Crippen molar-refractivity contribution < 1.29 is 24.1 Å². The number of carbonyl (C=O) groups excluding carboxylic acids is 1. The minimum atomic E-state index is -0.125. The fraction of sp³-hybridized carbons (Fsp3) is 0.458. The summed E-state index contributed by atoms with van der Waals surface area (Å²) in [5.74, 6) is 1.71. The van der Waals surface area contributed by atoms with Gasteiger partial charge in [-0.3, -0.25) is 4.79 Å². The molecule has 2 aliphatic heterocycles. The van der Waals surface area contributed by atoms with Crippen molar-refractivity contribution >= 4 is 5.91 Å². The van der Waals surface area contributed by atoms with E-state index >= 15 is 0 Å². The predicted octanol–water partition coefficient (Wildman–Crippen LogP) is -0.423. The molecule has 30 heavy (non-hydrogen) atoms. The Hall–Kier alpha value is -2.57. The molecule has 1 saturated heterocycles. The zero-order valence-corrected chi connectivity index (χ0v) is 18.0. The Kier molecular flexibility index (Phi) is 6.55. The molecule has 0 aliphatic carbocycles. The Morgan fingerprint density at radius 3 is 2.53 bits per heavy atom. The Labute approximate surface area is 179 Å². The Bertz CT molecular complexity index is 864. The molecule has 2 heterocycles. The molecule has 1 fully saturated rings. The molecule has 0 saturated carbocycles. The van der Waals surface area contributed by atoms with E-state index in [2.05, 4.69) is 31.2 Å². The fourth-order valence-corrected chi connectivity index (χ4v) is 4.33. The summed E-state index contributed by atoms with van der Waals surface area (Å²) in [4.78, 5) is 17.5. The van der Waals surface area contributed by atoms with Crippen molar-refractivity contribution in [3.8, 4) is 11.5 Å². The first-order chi connectivity index (χ1) is 14.6. The van der Waals surface area contributed by atoms with Gasteiger partial charge in [-0.05, 0) is 19.1 Å². The number of amides is 1. The zero-order chi connectivity index (χ0) is 20.9. The van der Waals surface area contributed by atoms with Crippen LogP contribution < -0.4 is 19.3 Å². The number of benzene rings is 2. The van der Waals surface area contributed by atoms with Crippen molar-refractivity contribution in [2.24, 2.45) is 0 Å². The van der Waals surface area contributed by atoms with Gasteiger partial charge < -0.3 is 24.2 Å². The van der Waals surface area contributed by atoms with Crippen LogP contribution in [0, 0.1) is 6.92 Å². The molecule has 2 N–H and O–H groups in total. The first-order valence-corrected chi connectivity index (χ1v) is 10.9. The average molecular weight is 412 g/mol. The predicted molar refractivity (Wildman–Crippen MR) is 115 cm³/mol. The lowest BCUT2D eigenvalue weighted by atomic mass is 10.1. The molecule has 1 amide bonds. The number of hydrogen-bond acceptors (Lipinski definition) is 3. The van der Waals surface area contributed by atoms with Crippen molar-refractivity contribution in [3.05, 3.63) is 59.7 Å². The van der Waals surface area contributed by atoms with Crippen LogP contribution in [0.15, 0.2) is 48.5 Å². The minimum Gasteiger partial charge on any atom is -0.486 e. The number of piperazine rings is 1. The maximum absolute atomic E-state index is 12.7. The Balaban J connectivity index is 1.20. The van der Waals surface area contributed by atoms with Gasteiger partial charge in [0.05, 0.1) is 6.54 Å². The van der Waals surface area contributed by atoms with Crippen LogP contribution in [0.5, 0.6) is 11.5 Å². The molecule has 2 aromatic rings. The molecule has 2 aromatic carbocycles. The molecule has 6 nitrogen and oxygen atoms in total. The number of rotatable bonds is 6. The van der Waals surface area contributed by atoms with Crippen molar-refractivity contribution in [1.29, 1.82) is 0 Å². The third kappa shape index (κ3) is 5.32. The highest BCUT2D eigenvalue weighted by Crippen LogP contribution is 2.30. The van der Waals surface area contributed by atoms with E-state index in [1.54, 1.807) is 9.80 Å². The van der Waals surface area contributed by atoms with E-state index in [1.165, 1.54) is 16.0 Å². The van der Waals surface area contributed by atoms with Gasteiger partial charge in [0.25, 0.3) is 5.91 Å². The highest BCUT2D eigenvalue weighted by atomic mass is 16.6. The molecular weight excluding hydrogens is 378 g/mol. The maximum atomic E-state index is 12.7. The number of nitrogens with one attached hydrogen (secondary N) is 2. The number of aryl methyl sites for hydroxylation is 1. The number of para-hydroxylation sites is 2. The van der Waals surface area contributed by atoms with Crippen LogP contribution in [-0.4, -0.2) is 69.8 Å². The summed E-state index contributed by atoms with van der Waals surface area (Å²) in [6.45, 7) is 9.09. The van der Waals surface area contributed by atoms with E-state index in [1.807, 2.05) is 31.3 Å². The molecule has 0 spiro atoms. The smallest absolute Gasteiger partial charge is 0.277 e. The number of fused-ring (bicyclic) bond motifs is 1. The van der Waals surface area contributed by atoms with Gasteiger partial charge in [-0.25, -0.2) is 0 Å². The van der Waals surface area contributed by atoms with Crippen LogP contribution in [0.3, 0.4) is 0 Å². The van der Waals surface area contributed by atoms with E-state index in [0.29, 0.717) is 19.7 Å². The van der Waals surface area contributed by atoms with Gasteiger partial charge >= 0.3 is 0 Å². The maximum Gasteiger partial charge on any atom is 0.277 e. The third-order valence-corrected chi connectivity index (χ3v) is 6.07. The fourth-order valence-electron chi connectivity index (χ4n) is 4.33. The van der Waals surface area contributed by atoms with Crippen molar-refractivity contribution in [3.63, 3.8) is 0 Å². The Morgan fingerprint density at radius 2 is 1.77 bits per heavy atom. The van der Waals surface area contributed by atoms with Crippen LogP contribution in [0.1, 0.15) is 11.1 Å².